The molecule has 1 aliphatic heterocycles. The topological polar surface area (TPSA) is 83.6 Å². The zero-order valence-corrected chi connectivity index (χ0v) is 24.1. The molecule has 0 amide bonds. The highest BCUT2D eigenvalue weighted by atomic mass is 35.5. The Balaban J connectivity index is 0.00000228. The average Bonchev–Trinajstić information content (AvgIpc) is 3.21. The van der Waals surface area contributed by atoms with Gasteiger partial charge in [-0.25, -0.2) is 13.4 Å². The molecule has 0 aliphatic carbocycles. The summed E-state index contributed by atoms with van der Waals surface area (Å²) >= 11 is 1.20. The molecule has 0 radical (unpaired) electrons. The van der Waals surface area contributed by atoms with E-state index in [1.807, 2.05) is 25.1 Å². The van der Waals surface area contributed by atoms with E-state index in [0.29, 0.717) is 17.9 Å². The third kappa shape index (κ3) is 6.51. The van der Waals surface area contributed by atoms with Crippen molar-refractivity contribution < 1.29 is 13.2 Å². The zero-order valence-electron chi connectivity index (χ0n) is 20.9. The molecule has 11 heteroatoms. The first-order valence-corrected chi connectivity index (χ1v) is 13.7. The number of hydrogen-bond acceptors (Lipinski definition) is 7. The number of aryl methyl sites for hydroxylation is 2. The third-order valence-corrected chi connectivity index (χ3v) is 9.70. The maximum Gasteiger partial charge on any atom is 0.275 e. The van der Waals surface area contributed by atoms with Crippen LogP contribution >= 0.6 is 36.2 Å². The number of thiazole rings is 1. The first-order chi connectivity index (χ1) is 16.3. The zero-order chi connectivity index (χ0) is 24.3. The second kappa shape index (κ2) is 13.1. The molecule has 0 bridgehead atoms. The van der Waals surface area contributed by atoms with Crippen molar-refractivity contribution in [3.63, 3.8) is 0 Å². The molecule has 1 aliphatic rings. The Hall–Kier alpha value is -1.88. The molecule has 0 unspecified atom stereocenters. The van der Waals surface area contributed by atoms with E-state index in [1.54, 1.807) is 27.1 Å². The fourth-order valence-electron chi connectivity index (χ4n) is 4.47. The van der Waals surface area contributed by atoms with Gasteiger partial charge in [0.2, 0.25) is 0 Å². The van der Waals surface area contributed by atoms with Gasteiger partial charge in [0.15, 0.2) is 4.21 Å². The summed E-state index contributed by atoms with van der Waals surface area (Å²) in [6.07, 6.45) is 2.17. The molecular weight excluding hydrogens is 539 g/mol. The molecule has 1 saturated heterocycles. The number of sulfonamides is 1. The summed E-state index contributed by atoms with van der Waals surface area (Å²) in [6, 6.07) is 16.5. The predicted molar refractivity (Wildman–Crippen MR) is 152 cm³/mol. The minimum atomic E-state index is -3.70. The summed E-state index contributed by atoms with van der Waals surface area (Å²) in [5, 5.41) is 8.07. The number of methoxy groups -OCH3 is 1. The van der Waals surface area contributed by atoms with Crippen molar-refractivity contribution in [2.75, 3.05) is 25.0 Å². The summed E-state index contributed by atoms with van der Waals surface area (Å²) < 4.78 is 33.8. The fourth-order valence-corrected chi connectivity index (χ4v) is 7.30. The molecule has 198 valence electrons. The Labute approximate surface area is 230 Å². The van der Waals surface area contributed by atoms with Gasteiger partial charge in [0.25, 0.3) is 10.0 Å². The summed E-state index contributed by atoms with van der Waals surface area (Å²) in [7, 11) is -0.481. The Bertz CT molecular complexity index is 1240. The van der Waals surface area contributed by atoms with Gasteiger partial charge in [-0.15, -0.1) is 36.2 Å². The van der Waals surface area contributed by atoms with E-state index < -0.39 is 10.0 Å². The van der Waals surface area contributed by atoms with Gasteiger partial charge in [-0.3, -0.25) is 4.31 Å². The lowest BCUT2D eigenvalue weighted by atomic mass is 9.92. The smallest absolute Gasteiger partial charge is 0.275 e. The largest absolute Gasteiger partial charge is 0.496 e. The number of nitrogens with zero attached hydrogens (tertiary/aromatic N) is 2. The fraction of sp³-hybridized carbons (Fsp3) is 0.400. The van der Waals surface area contributed by atoms with Crippen molar-refractivity contribution in [2.24, 2.45) is 0 Å². The molecule has 0 spiro atoms. The molecule has 2 aromatic carbocycles. The first-order valence-electron chi connectivity index (χ1n) is 11.4. The van der Waals surface area contributed by atoms with Crippen molar-refractivity contribution in [3.8, 4) is 5.75 Å². The lowest BCUT2D eigenvalue weighted by Gasteiger charge is -2.34. The van der Waals surface area contributed by atoms with E-state index in [2.05, 4.69) is 39.9 Å². The highest BCUT2D eigenvalue weighted by molar-refractivity contribution is 7.94. The first kappa shape index (κ1) is 30.3. The maximum atomic E-state index is 13.3. The van der Waals surface area contributed by atoms with E-state index in [-0.39, 0.29) is 41.1 Å². The van der Waals surface area contributed by atoms with Gasteiger partial charge < -0.3 is 15.4 Å². The number of hydrogen-bond donors (Lipinski definition) is 2. The molecule has 7 nitrogen and oxygen atoms in total. The number of anilines is 1. The van der Waals surface area contributed by atoms with Crippen LogP contribution in [0.15, 0.2) is 52.7 Å². The molecule has 1 aromatic heterocycles. The highest BCUT2D eigenvalue weighted by Gasteiger charge is 2.28. The number of benzene rings is 2. The van der Waals surface area contributed by atoms with Crippen LogP contribution in [0.25, 0.3) is 0 Å². The van der Waals surface area contributed by atoms with Gasteiger partial charge in [0.1, 0.15) is 5.75 Å². The summed E-state index contributed by atoms with van der Waals surface area (Å²) in [6.45, 7) is 5.11. The molecular formula is C25H34Cl2N4O3S2. The molecule has 2 atom stereocenters. The maximum absolute atomic E-state index is 13.3. The van der Waals surface area contributed by atoms with Crippen molar-refractivity contribution >= 4 is 51.9 Å². The Morgan fingerprint density at radius 2 is 1.89 bits per heavy atom. The molecule has 1 fully saturated rings. The van der Waals surface area contributed by atoms with Gasteiger partial charge in [-0.2, -0.15) is 0 Å². The summed E-state index contributed by atoms with van der Waals surface area (Å²) in [5.74, 6) is 0.729. The number of ether oxygens (including phenoxy) is 1. The molecule has 4 rings (SSSR count). The van der Waals surface area contributed by atoms with Crippen LogP contribution in [-0.2, 0) is 16.6 Å². The van der Waals surface area contributed by atoms with Crippen LogP contribution in [-0.4, -0.2) is 40.1 Å². The highest BCUT2D eigenvalue weighted by Crippen LogP contribution is 2.32. The Kier molecular flexibility index (Phi) is 11.0. The second-order valence-electron chi connectivity index (χ2n) is 8.55. The third-order valence-electron chi connectivity index (χ3n) is 6.26. The van der Waals surface area contributed by atoms with Gasteiger partial charge in [-0.1, -0.05) is 30.3 Å². The van der Waals surface area contributed by atoms with E-state index in [0.717, 1.165) is 35.7 Å². The van der Waals surface area contributed by atoms with Crippen LogP contribution in [0.4, 0.5) is 5.69 Å². The number of rotatable bonds is 8. The van der Waals surface area contributed by atoms with Crippen LogP contribution < -0.4 is 19.7 Å². The van der Waals surface area contributed by atoms with E-state index in [4.69, 9.17) is 4.74 Å². The van der Waals surface area contributed by atoms with Gasteiger partial charge >= 0.3 is 0 Å². The SMILES string of the molecule is COc1ccc(N(C)S(=O)(=O)c2sc(C)nc2C)cc1CN[C@H]1CCCN[C@H]1c1ccccc1.Cl.Cl. The summed E-state index contributed by atoms with van der Waals surface area (Å²) in [4.78, 5) is 4.29. The Morgan fingerprint density at radius 3 is 2.53 bits per heavy atom. The predicted octanol–water partition coefficient (Wildman–Crippen LogP) is 5.02. The lowest BCUT2D eigenvalue weighted by molar-refractivity contribution is 0.303. The molecule has 2 heterocycles. The molecule has 0 saturated carbocycles. The van der Waals surface area contributed by atoms with Gasteiger partial charge in [-0.05, 0) is 57.0 Å². The van der Waals surface area contributed by atoms with Crippen LogP contribution in [0.5, 0.6) is 5.75 Å². The minimum Gasteiger partial charge on any atom is -0.496 e. The monoisotopic (exact) mass is 572 g/mol. The minimum absolute atomic E-state index is 0. The number of halogens is 2. The van der Waals surface area contributed by atoms with Crippen LogP contribution in [0.2, 0.25) is 0 Å². The van der Waals surface area contributed by atoms with Gasteiger partial charge in [0.05, 0.1) is 23.5 Å². The van der Waals surface area contributed by atoms with Crippen LogP contribution in [0, 0.1) is 13.8 Å². The van der Waals surface area contributed by atoms with Crippen molar-refractivity contribution in [1.82, 2.24) is 15.6 Å². The molecule has 3 aromatic rings. The van der Waals surface area contributed by atoms with E-state index in [1.165, 1.54) is 21.2 Å². The van der Waals surface area contributed by atoms with Crippen molar-refractivity contribution in [2.45, 2.75) is 49.5 Å². The Morgan fingerprint density at radius 1 is 1.17 bits per heavy atom. The standard InChI is InChI=1S/C25H32N4O3S2.2ClH/c1-17-25(33-18(2)28-17)34(30,31)29(3)21-12-13-23(32-4)20(15-21)16-27-22-11-8-14-26-24(22)19-9-6-5-7-10-19;;/h5-7,9-10,12-13,15,22,24,26-27H,8,11,14,16H2,1-4H3;2*1H/t22-,24-;;/m0../s1. The number of nitrogens with one attached hydrogen (secondary N) is 2. The lowest BCUT2D eigenvalue weighted by Crippen LogP contribution is -2.45. The second-order valence-corrected chi connectivity index (χ2v) is 11.9. The molecule has 36 heavy (non-hydrogen) atoms. The molecule has 2 N–H and O–H groups in total. The van der Waals surface area contributed by atoms with Crippen LogP contribution in [0.1, 0.15) is 40.7 Å². The van der Waals surface area contributed by atoms with Gasteiger partial charge in [0, 0.05) is 31.2 Å². The summed E-state index contributed by atoms with van der Waals surface area (Å²) in [5.41, 5.74) is 3.30. The van der Waals surface area contributed by atoms with E-state index >= 15 is 0 Å². The van der Waals surface area contributed by atoms with E-state index in [9.17, 15) is 8.42 Å². The number of aromatic nitrogens is 1. The van der Waals surface area contributed by atoms with Crippen molar-refractivity contribution in [3.05, 3.63) is 70.4 Å². The average molecular weight is 574 g/mol. The quantitative estimate of drug-likeness (QED) is 0.394. The normalized spacial score (nSPS) is 17.6. The van der Waals surface area contributed by atoms with Crippen LogP contribution in [0.3, 0.4) is 0 Å². The number of piperidine rings is 1. The van der Waals surface area contributed by atoms with Crippen molar-refractivity contribution in [1.29, 1.82) is 0 Å².